The first-order valence-corrected chi connectivity index (χ1v) is 7.66. The summed E-state index contributed by atoms with van der Waals surface area (Å²) in [5.41, 5.74) is 0.331. The molecular formula is C14H20N2O4S. The van der Waals surface area contributed by atoms with Gasteiger partial charge in [-0.25, -0.2) is 14.6 Å². The lowest BCUT2D eigenvalue weighted by Crippen LogP contribution is -2.43. The first kappa shape index (κ1) is 15.8. The zero-order valence-electron chi connectivity index (χ0n) is 12.7. The van der Waals surface area contributed by atoms with Gasteiger partial charge >= 0.3 is 12.1 Å². The lowest BCUT2D eigenvalue weighted by atomic mass is 9.97. The Morgan fingerprint density at radius 3 is 2.67 bits per heavy atom. The Balaban J connectivity index is 2.06. The van der Waals surface area contributed by atoms with Crippen molar-refractivity contribution in [2.75, 3.05) is 7.05 Å². The molecule has 6 nitrogen and oxygen atoms in total. The molecule has 1 aromatic rings. The Kier molecular flexibility index (Phi) is 4.22. The highest BCUT2D eigenvalue weighted by Crippen LogP contribution is 2.29. The Morgan fingerprint density at radius 1 is 1.43 bits per heavy atom. The molecule has 1 aliphatic rings. The average Bonchev–Trinajstić information content (AvgIpc) is 2.78. The molecule has 2 rings (SSSR count). The third-order valence-corrected chi connectivity index (χ3v) is 4.43. The van der Waals surface area contributed by atoms with Crippen molar-refractivity contribution < 1.29 is 19.4 Å². The molecule has 0 aromatic carbocycles. The minimum Gasteiger partial charge on any atom is -0.476 e. The summed E-state index contributed by atoms with van der Waals surface area (Å²) >= 11 is 1.20. The van der Waals surface area contributed by atoms with E-state index in [4.69, 9.17) is 9.84 Å². The summed E-state index contributed by atoms with van der Waals surface area (Å²) in [6.45, 7) is 5.50. The average molecular weight is 312 g/mol. The summed E-state index contributed by atoms with van der Waals surface area (Å²) in [6.07, 6.45) is 1.75. The van der Waals surface area contributed by atoms with E-state index in [0.717, 1.165) is 17.0 Å². The van der Waals surface area contributed by atoms with E-state index in [1.807, 2.05) is 20.8 Å². The van der Waals surface area contributed by atoms with E-state index in [1.54, 1.807) is 11.9 Å². The van der Waals surface area contributed by atoms with Gasteiger partial charge in [0.1, 0.15) is 5.60 Å². The fourth-order valence-corrected chi connectivity index (χ4v) is 3.28. The zero-order valence-corrected chi connectivity index (χ0v) is 13.5. The summed E-state index contributed by atoms with van der Waals surface area (Å²) in [4.78, 5) is 29.7. The van der Waals surface area contributed by atoms with Crippen LogP contribution in [0.1, 0.15) is 47.6 Å². The minimum absolute atomic E-state index is 0.0226. The molecule has 0 bridgehead atoms. The van der Waals surface area contributed by atoms with Crippen molar-refractivity contribution in [3.63, 3.8) is 0 Å². The quantitative estimate of drug-likeness (QED) is 0.908. The molecule has 0 aliphatic heterocycles. The topological polar surface area (TPSA) is 79.7 Å². The number of hydrogen-bond donors (Lipinski definition) is 1. The number of amides is 1. The number of fused-ring (bicyclic) bond motifs is 1. The second kappa shape index (κ2) is 5.63. The van der Waals surface area contributed by atoms with Gasteiger partial charge < -0.3 is 14.7 Å². The molecular weight excluding hydrogens is 292 g/mol. The van der Waals surface area contributed by atoms with Gasteiger partial charge in [-0.1, -0.05) is 0 Å². The van der Waals surface area contributed by atoms with Crippen LogP contribution in [0.5, 0.6) is 0 Å². The molecule has 0 fully saturated rings. The molecule has 7 heteroatoms. The third-order valence-electron chi connectivity index (χ3n) is 3.33. The predicted octanol–water partition coefficient (Wildman–Crippen LogP) is 2.57. The largest absolute Gasteiger partial charge is 0.476 e. The summed E-state index contributed by atoms with van der Waals surface area (Å²) in [7, 11) is 1.73. The molecule has 0 saturated carbocycles. The van der Waals surface area contributed by atoms with Crippen molar-refractivity contribution in [2.24, 2.45) is 0 Å². The van der Waals surface area contributed by atoms with Gasteiger partial charge in [-0.2, -0.15) is 0 Å². The number of carboxylic acids is 1. The minimum atomic E-state index is -0.994. The number of carbonyl (C=O) groups is 2. The van der Waals surface area contributed by atoms with Gasteiger partial charge in [-0.15, -0.1) is 11.3 Å². The summed E-state index contributed by atoms with van der Waals surface area (Å²) in [5.74, 6) is -0.994. The van der Waals surface area contributed by atoms with Crippen LogP contribution in [0.15, 0.2) is 0 Å². The number of hydrogen-bond acceptors (Lipinski definition) is 5. The van der Waals surface area contributed by atoms with E-state index >= 15 is 0 Å². The maximum absolute atomic E-state index is 12.1. The van der Waals surface area contributed by atoms with Gasteiger partial charge in [0, 0.05) is 24.4 Å². The van der Waals surface area contributed by atoms with E-state index < -0.39 is 11.6 Å². The first-order valence-electron chi connectivity index (χ1n) is 6.85. The van der Waals surface area contributed by atoms with E-state index in [1.165, 1.54) is 11.3 Å². The molecule has 1 aliphatic carbocycles. The van der Waals surface area contributed by atoms with Crippen LogP contribution in [0.2, 0.25) is 0 Å². The van der Waals surface area contributed by atoms with E-state index in [2.05, 4.69) is 4.98 Å². The van der Waals surface area contributed by atoms with Gasteiger partial charge in [0.05, 0.1) is 5.69 Å². The van der Waals surface area contributed by atoms with Crippen molar-refractivity contribution in [1.29, 1.82) is 0 Å². The standard InChI is InChI=1S/C14H20N2O4S/c1-14(2,3)20-13(19)16(4)8-5-6-9-10(7-8)21-11(15-9)12(17)18/h8H,5-7H2,1-4H3,(H,17,18). The fourth-order valence-electron chi connectivity index (χ4n) is 2.26. The number of likely N-dealkylation sites (N-methyl/N-ethyl adjacent to an activating group) is 1. The van der Waals surface area contributed by atoms with Crippen LogP contribution >= 0.6 is 11.3 Å². The van der Waals surface area contributed by atoms with Crippen molar-refractivity contribution in [3.8, 4) is 0 Å². The van der Waals surface area contributed by atoms with E-state index in [9.17, 15) is 9.59 Å². The molecule has 1 amide bonds. The lowest BCUT2D eigenvalue weighted by molar-refractivity contribution is 0.0210. The van der Waals surface area contributed by atoms with Crippen LogP contribution in [0.3, 0.4) is 0 Å². The SMILES string of the molecule is CN(C(=O)OC(C)(C)C)C1CCc2nc(C(=O)O)sc2C1. The fraction of sp³-hybridized carbons (Fsp3) is 0.643. The zero-order chi connectivity index (χ0) is 15.8. The number of aryl methyl sites for hydroxylation is 1. The number of carbonyl (C=O) groups excluding carboxylic acids is 1. The number of rotatable bonds is 2. The lowest BCUT2D eigenvalue weighted by Gasteiger charge is -2.32. The van der Waals surface area contributed by atoms with Crippen LogP contribution in [0.25, 0.3) is 0 Å². The Labute approximate surface area is 127 Å². The number of ether oxygens (including phenoxy) is 1. The maximum atomic E-state index is 12.1. The van der Waals surface area contributed by atoms with Gasteiger partial charge in [0.25, 0.3) is 0 Å². The molecule has 0 spiro atoms. The van der Waals surface area contributed by atoms with Crippen LogP contribution in [0, 0.1) is 0 Å². The van der Waals surface area contributed by atoms with Crippen molar-refractivity contribution in [1.82, 2.24) is 9.88 Å². The van der Waals surface area contributed by atoms with Gasteiger partial charge in [-0.05, 0) is 33.6 Å². The second-order valence-corrected chi connectivity index (χ2v) is 7.27. The first-order chi connectivity index (χ1) is 9.67. The summed E-state index contributed by atoms with van der Waals surface area (Å²) in [5, 5.41) is 9.11. The predicted molar refractivity (Wildman–Crippen MR) is 78.9 cm³/mol. The van der Waals surface area contributed by atoms with Crippen LogP contribution in [0.4, 0.5) is 4.79 Å². The highest BCUT2D eigenvalue weighted by molar-refractivity contribution is 7.13. The van der Waals surface area contributed by atoms with Crippen LogP contribution in [-0.2, 0) is 17.6 Å². The van der Waals surface area contributed by atoms with Crippen LogP contribution < -0.4 is 0 Å². The highest BCUT2D eigenvalue weighted by Gasteiger charge is 2.30. The Hall–Kier alpha value is -1.63. The second-order valence-electron chi connectivity index (χ2n) is 6.18. The molecule has 0 saturated heterocycles. The number of aromatic carboxylic acids is 1. The Bertz CT molecular complexity index is 562. The van der Waals surface area contributed by atoms with Crippen molar-refractivity contribution >= 4 is 23.4 Å². The number of aromatic nitrogens is 1. The summed E-state index contributed by atoms with van der Waals surface area (Å²) < 4.78 is 5.36. The number of nitrogens with zero attached hydrogens (tertiary/aromatic N) is 2. The van der Waals surface area contributed by atoms with E-state index in [0.29, 0.717) is 12.8 Å². The van der Waals surface area contributed by atoms with Crippen molar-refractivity contribution in [2.45, 2.75) is 51.7 Å². The number of carboxylic acid groups (broad SMARTS) is 1. The molecule has 21 heavy (non-hydrogen) atoms. The smallest absolute Gasteiger partial charge is 0.410 e. The third kappa shape index (κ3) is 3.72. The monoisotopic (exact) mass is 312 g/mol. The highest BCUT2D eigenvalue weighted by atomic mass is 32.1. The van der Waals surface area contributed by atoms with Crippen LogP contribution in [-0.4, -0.2) is 45.7 Å². The summed E-state index contributed by atoms with van der Waals surface area (Å²) in [6, 6.07) is 0.0226. The van der Waals surface area contributed by atoms with Gasteiger partial charge in [-0.3, -0.25) is 0 Å². The van der Waals surface area contributed by atoms with Gasteiger partial charge in [0.15, 0.2) is 0 Å². The molecule has 1 unspecified atom stereocenters. The Morgan fingerprint density at radius 2 is 2.10 bits per heavy atom. The molecule has 1 heterocycles. The molecule has 1 aromatic heterocycles. The normalized spacial score (nSPS) is 18.0. The molecule has 116 valence electrons. The molecule has 0 radical (unpaired) electrons. The molecule has 1 N–H and O–H groups in total. The molecule has 1 atom stereocenters. The number of thiazole rings is 1. The maximum Gasteiger partial charge on any atom is 0.410 e. The van der Waals surface area contributed by atoms with E-state index in [-0.39, 0.29) is 17.1 Å². The van der Waals surface area contributed by atoms with Crippen molar-refractivity contribution in [3.05, 3.63) is 15.6 Å². The van der Waals surface area contributed by atoms with Gasteiger partial charge in [0.2, 0.25) is 5.01 Å².